The minimum absolute atomic E-state index is 0.440. The zero-order chi connectivity index (χ0) is 14.0. The van der Waals surface area contributed by atoms with Crippen LogP contribution in [0.2, 0.25) is 0 Å². The Morgan fingerprint density at radius 2 is 1.47 bits per heavy atom. The van der Waals surface area contributed by atoms with Crippen molar-refractivity contribution in [3.63, 3.8) is 0 Å². The third-order valence-corrected chi connectivity index (χ3v) is 3.40. The van der Waals surface area contributed by atoms with E-state index in [9.17, 15) is 9.90 Å². The average molecular weight is 274 g/mol. The van der Waals surface area contributed by atoms with Crippen LogP contribution in [0.15, 0.2) is 0 Å². The van der Waals surface area contributed by atoms with E-state index in [-0.39, 0.29) is 0 Å². The summed E-state index contributed by atoms with van der Waals surface area (Å²) in [5.74, 6) is -2.84. The Labute approximate surface area is 110 Å². The van der Waals surface area contributed by atoms with Crippen molar-refractivity contribution in [1.29, 1.82) is 0 Å². The van der Waals surface area contributed by atoms with Crippen molar-refractivity contribution < 1.29 is 33.6 Å². The van der Waals surface area contributed by atoms with Crippen molar-refractivity contribution in [2.75, 3.05) is 0 Å². The Balaban J connectivity index is 1.87. The Morgan fingerprint density at radius 3 is 2.11 bits per heavy atom. The summed E-state index contributed by atoms with van der Waals surface area (Å²) in [5.41, 5.74) is 0. The van der Waals surface area contributed by atoms with Gasteiger partial charge in [-0.05, 0) is 27.7 Å². The van der Waals surface area contributed by atoms with E-state index in [1.807, 2.05) is 0 Å². The number of rotatable bonds is 1. The molecule has 3 saturated heterocycles. The summed E-state index contributed by atoms with van der Waals surface area (Å²) < 4.78 is 28.1. The normalized spacial score (nSPS) is 46.6. The minimum Gasteiger partial charge on any atom is -0.479 e. The molecule has 3 aliphatic rings. The lowest BCUT2D eigenvalue weighted by molar-refractivity contribution is -0.339. The lowest BCUT2D eigenvalue weighted by Crippen LogP contribution is -2.58. The summed E-state index contributed by atoms with van der Waals surface area (Å²) in [5, 5.41) is 9.24. The highest BCUT2D eigenvalue weighted by Gasteiger charge is 2.62. The first-order valence-electron chi connectivity index (χ1n) is 6.28. The average Bonchev–Trinajstić information content (AvgIpc) is 2.69. The van der Waals surface area contributed by atoms with Crippen LogP contribution in [-0.4, -0.2) is 53.4 Å². The van der Waals surface area contributed by atoms with Gasteiger partial charge in [-0.2, -0.15) is 0 Å². The summed E-state index contributed by atoms with van der Waals surface area (Å²) in [6, 6.07) is 0. The van der Waals surface area contributed by atoms with Crippen LogP contribution in [0, 0.1) is 0 Å². The summed E-state index contributed by atoms with van der Waals surface area (Å²) in [7, 11) is 0. The zero-order valence-corrected chi connectivity index (χ0v) is 11.3. The van der Waals surface area contributed by atoms with Gasteiger partial charge in [0.05, 0.1) is 0 Å². The van der Waals surface area contributed by atoms with E-state index in [2.05, 4.69) is 0 Å². The van der Waals surface area contributed by atoms with E-state index < -0.39 is 48.2 Å². The number of ether oxygens (including phenoxy) is 5. The molecule has 0 amide bonds. The van der Waals surface area contributed by atoms with Gasteiger partial charge < -0.3 is 28.8 Å². The van der Waals surface area contributed by atoms with Gasteiger partial charge in [-0.15, -0.1) is 0 Å². The van der Waals surface area contributed by atoms with Gasteiger partial charge in [0.1, 0.15) is 18.3 Å². The number of aliphatic carboxylic acids is 1. The highest BCUT2D eigenvalue weighted by molar-refractivity contribution is 5.73. The molecule has 0 aromatic carbocycles. The summed E-state index contributed by atoms with van der Waals surface area (Å²) >= 11 is 0. The minimum atomic E-state index is -1.09. The molecule has 0 bridgehead atoms. The van der Waals surface area contributed by atoms with Crippen LogP contribution in [-0.2, 0) is 28.5 Å². The Hall–Kier alpha value is -0.730. The van der Waals surface area contributed by atoms with Crippen LogP contribution < -0.4 is 0 Å². The van der Waals surface area contributed by atoms with Crippen molar-refractivity contribution in [3.8, 4) is 0 Å². The van der Waals surface area contributed by atoms with E-state index >= 15 is 0 Å². The Kier molecular flexibility index (Phi) is 2.72. The van der Waals surface area contributed by atoms with Gasteiger partial charge in [0.15, 0.2) is 24.0 Å². The molecule has 1 N–H and O–H groups in total. The second-order valence-electron chi connectivity index (χ2n) is 5.93. The first-order valence-corrected chi connectivity index (χ1v) is 6.28. The smallest absolute Gasteiger partial charge is 0.335 e. The van der Waals surface area contributed by atoms with Gasteiger partial charge in [0.2, 0.25) is 0 Å². The van der Waals surface area contributed by atoms with Gasteiger partial charge in [-0.1, -0.05) is 0 Å². The Bertz CT molecular complexity index is 405. The predicted molar refractivity (Wildman–Crippen MR) is 60.2 cm³/mol. The molecule has 5 atom stereocenters. The second kappa shape index (κ2) is 3.89. The maximum Gasteiger partial charge on any atom is 0.335 e. The first-order chi connectivity index (χ1) is 8.69. The van der Waals surface area contributed by atoms with Gasteiger partial charge >= 0.3 is 5.97 Å². The maximum absolute atomic E-state index is 11.3. The molecule has 3 aliphatic heterocycles. The third kappa shape index (κ3) is 2.15. The number of hydrogen-bond acceptors (Lipinski definition) is 6. The first kappa shape index (κ1) is 13.3. The molecule has 3 rings (SSSR count). The molecule has 0 aromatic heterocycles. The van der Waals surface area contributed by atoms with E-state index in [0.717, 1.165) is 0 Å². The number of carbonyl (C=O) groups is 1. The molecule has 0 spiro atoms. The van der Waals surface area contributed by atoms with Crippen LogP contribution in [0.25, 0.3) is 0 Å². The SMILES string of the molecule is CC1(C)O[C@@H]2O[C@H]3C(C(=O)O)OC(C)(C)O[C@@H]3[C@@H]2O1. The van der Waals surface area contributed by atoms with Crippen LogP contribution in [0.3, 0.4) is 0 Å². The van der Waals surface area contributed by atoms with Gasteiger partial charge in [-0.25, -0.2) is 4.79 Å². The Morgan fingerprint density at radius 1 is 0.895 bits per heavy atom. The number of fused-ring (bicyclic) bond motifs is 3. The molecular formula is C12H18O7. The maximum atomic E-state index is 11.3. The monoisotopic (exact) mass is 274 g/mol. The molecule has 108 valence electrons. The molecule has 19 heavy (non-hydrogen) atoms. The topological polar surface area (TPSA) is 83.5 Å². The van der Waals surface area contributed by atoms with E-state index in [1.165, 1.54) is 0 Å². The highest BCUT2D eigenvalue weighted by atomic mass is 16.9. The van der Waals surface area contributed by atoms with Gasteiger partial charge in [-0.3, -0.25) is 0 Å². The molecule has 0 radical (unpaired) electrons. The molecule has 1 unspecified atom stereocenters. The molecule has 3 heterocycles. The van der Waals surface area contributed by atoms with Crippen molar-refractivity contribution in [2.24, 2.45) is 0 Å². The summed E-state index contributed by atoms with van der Waals surface area (Å²) in [6.07, 6.45) is -3.39. The third-order valence-electron chi connectivity index (χ3n) is 3.40. The lowest BCUT2D eigenvalue weighted by Gasteiger charge is -2.42. The largest absolute Gasteiger partial charge is 0.479 e. The van der Waals surface area contributed by atoms with Crippen molar-refractivity contribution in [3.05, 3.63) is 0 Å². The molecular weight excluding hydrogens is 256 g/mol. The quantitative estimate of drug-likeness (QED) is 0.744. The fourth-order valence-electron chi connectivity index (χ4n) is 2.80. The standard InChI is InChI=1S/C12H18O7/c1-11(2)16-6-5(7(17-11)9(13)14)15-10-8(6)18-12(3,4)19-10/h5-8,10H,1-4H3,(H,13,14)/t5-,6+,7?,8+,10+/m1/s1. The molecule has 0 aliphatic carbocycles. The predicted octanol–water partition coefficient (Wildman–Crippen LogP) is 0.467. The van der Waals surface area contributed by atoms with Crippen LogP contribution in [0.5, 0.6) is 0 Å². The van der Waals surface area contributed by atoms with E-state index in [1.54, 1.807) is 27.7 Å². The van der Waals surface area contributed by atoms with Crippen molar-refractivity contribution >= 4 is 5.97 Å². The van der Waals surface area contributed by atoms with Gasteiger partial charge in [0, 0.05) is 0 Å². The van der Waals surface area contributed by atoms with Gasteiger partial charge in [0.25, 0.3) is 0 Å². The second-order valence-corrected chi connectivity index (χ2v) is 5.93. The fraction of sp³-hybridized carbons (Fsp3) is 0.917. The molecule has 7 nitrogen and oxygen atoms in total. The van der Waals surface area contributed by atoms with Crippen LogP contribution >= 0.6 is 0 Å². The van der Waals surface area contributed by atoms with Crippen molar-refractivity contribution in [1.82, 2.24) is 0 Å². The summed E-state index contributed by atoms with van der Waals surface area (Å²) in [6.45, 7) is 6.91. The summed E-state index contributed by atoms with van der Waals surface area (Å²) in [4.78, 5) is 11.3. The zero-order valence-electron chi connectivity index (χ0n) is 11.3. The molecule has 0 aromatic rings. The highest BCUT2D eigenvalue weighted by Crippen LogP contribution is 2.44. The van der Waals surface area contributed by atoms with Crippen LogP contribution in [0.1, 0.15) is 27.7 Å². The molecule has 3 fully saturated rings. The number of carboxylic acid groups (broad SMARTS) is 1. The van der Waals surface area contributed by atoms with Crippen LogP contribution in [0.4, 0.5) is 0 Å². The fourth-order valence-corrected chi connectivity index (χ4v) is 2.80. The number of hydrogen-bond donors (Lipinski definition) is 1. The molecule has 0 saturated carbocycles. The van der Waals surface area contributed by atoms with E-state index in [0.29, 0.717) is 0 Å². The van der Waals surface area contributed by atoms with E-state index in [4.69, 9.17) is 23.7 Å². The molecule has 7 heteroatoms. The lowest BCUT2D eigenvalue weighted by atomic mass is 10.0. The number of carboxylic acids is 1. The van der Waals surface area contributed by atoms with Crippen molar-refractivity contribution in [2.45, 2.75) is 70.0 Å².